The first-order valence-electron chi connectivity index (χ1n) is 8.21. The number of ether oxygens (including phenoxy) is 3. The van der Waals surface area contributed by atoms with Crippen molar-refractivity contribution in [1.29, 1.82) is 0 Å². The fourth-order valence-corrected chi connectivity index (χ4v) is 4.10. The molecular formula is C19H16BrNO7S. The molecule has 10 heteroatoms. The number of carbonyl (C=O) groups is 3. The summed E-state index contributed by atoms with van der Waals surface area (Å²) in [5.41, 5.74) is 0.658. The molecule has 2 heterocycles. The van der Waals surface area contributed by atoms with Gasteiger partial charge in [0.25, 0.3) is 11.1 Å². The van der Waals surface area contributed by atoms with Gasteiger partial charge in [0.05, 0.1) is 37.3 Å². The molecule has 2 aromatic rings. The molecule has 3 rings (SSSR count). The fourth-order valence-electron chi connectivity index (χ4n) is 2.64. The zero-order chi connectivity index (χ0) is 21.1. The largest absolute Gasteiger partial charge is 0.493 e. The van der Waals surface area contributed by atoms with Crippen molar-refractivity contribution in [3.8, 4) is 11.5 Å². The summed E-state index contributed by atoms with van der Waals surface area (Å²) in [6.07, 6.45) is 1.60. The Kier molecular flexibility index (Phi) is 6.33. The van der Waals surface area contributed by atoms with Crippen molar-refractivity contribution in [2.45, 2.75) is 6.54 Å². The number of carbonyl (C=O) groups excluding carboxylic acids is 3. The smallest absolute Gasteiger partial charge is 0.373 e. The van der Waals surface area contributed by atoms with Crippen LogP contribution < -0.4 is 9.47 Å². The summed E-state index contributed by atoms with van der Waals surface area (Å²) in [6, 6.07) is 6.40. The Morgan fingerprint density at radius 3 is 2.62 bits per heavy atom. The Morgan fingerprint density at radius 2 is 1.97 bits per heavy atom. The van der Waals surface area contributed by atoms with Gasteiger partial charge in [-0.05, 0) is 63.6 Å². The molecule has 2 amide bonds. The fraction of sp³-hybridized carbons (Fsp3) is 0.211. The minimum atomic E-state index is -0.635. The molecular weight excluding hydrogens is 466 g/mol. The summed E-state index contributed by atoms with van der Waals surface area (Å²) in [5, 5.41) is -0.434. The Balaban J connectivity index is 1.82. The lowest BCUT2D eigenvalue weighted by atomic mass is 10.2. The molecule has 0 atom stereocenters. The molecule has 0 bridgehead atoms. The SMILES string of the molecule is COC(=O)c1ccc(CN2C(=O)SC(=Cc3cc(Br)c(OC)c(OC)c3)C2=O)o1. The van der Waals surface area contributed by atoms with Gasteiger partial charge in [0, 0.05) is 0 Å². The van der Waals surface area contributed by atoms with E-state index in [4.69, 9.17) is 13.9 Å². The van der Waals surface area contributed by atoms with E-state index in [2.05, 4.69) is 20.7 Å². The van der Waals surface area contributed by atoms with Crippen molar-refractivity contribution in [3.63, 3.8) is 0 Å². The topological polar surface area (TPSA) is 95.3 Å². The second-order valence-electron chi connectivity index (χ2n) is 5.76. The van der Waals surface area contributed by atoms with Crippen molar-refractivity contribution in [2.24, 2.45) is 0 Å². The molecule has 1 saturated heterocycles. The lowest BCUT2D eigenvalue weighted by molar-refractivity contribution is -0.123. The maximum absolute atomic E-state index is 12.7. The van der Waals surface area contributed by atoms with Gasteiger partial charge in [-0.25, -0.2) is 4.79 Å². The number of benzene rings is 1. The molecule has 0 unspecified atom stereocenters. The average molecular weight is 482 g/mol. The van der Waals surface area contributed by atoms with Gasteiger partial charge < -0.3 is 18.6 Å². The third kappa shape index (κ3) is 4.33. The van der Waals surface area contributed by atoms with Crippen molar-refractivity contribution in [2.75, 3.05) is 21.3 Å². The first-order chi connectivity index (χ1) is 13.9. The number of nitrogens with zero attached hydrogens (tertiary/aromatic N) is 1. The minimum Gasteiger partial charge on any atom is -0.493 e. The minimum absolute atomic E-state index is 0.000177. The van der Waals surface area contributed by atoms with Crippen LogP contribution in [0.15, 0.2) is 38.1 Å². The van der Waals surface area contributed by atoms with Gasteiger partial charge in [-0.3, -0.25) is 14.5 Å². The predicted molar refractivity (Wildman–Crippen MR) is 109 cm³/mol. The molecule has 1 aromatic carbocycles. The van der Waals surface area contributed by atoms with Gasteiger partial charge in [0.1, 0.15) is 5.76 Å². The normalized spacial score (nSPS) is 15.2. The molecule has 8 nitrogen and oxygen atoms in total. The second kappa shape index (κ2) is 8.75. The number of thioether (sulfide) groups is 1. The predicted octanol–water partition coefficient (Wildman–Crippen LogP) is 4.08. The summed E-state index contributed by atoms with van der Waals surface area (Å²) in [5.74, 6) is 0.213. The number of furan rings is 1. The Bertz CT molecular complexity index is 1010. The van der Waals surface area contributed by atoms with Crippen LogP contribution in [0.3, 0.4) is 0 Å². The third-order valence-corrected chi connectivity index (χ3v) is 5.49. The van der Waals surface area contributed by atoms with Crippen LogP contribution in [-0.4, -0.2) is 43.3 Å². The molecule has 0 radical (unpaired) electrons. The Labute approximate surface area is 178 Å². The van der Waals surface area contributed by atoms with E-state index >= 15 is 0 Å². The molecule has 0 spiro atoms. The van der Waals surface area contributed by atoms with Crippen molar-refractivity contribution >= 4 is 50.9 Å². The van der Waals surface area contributed by atoms with Crippen molar-refractivity contribution < 1.29 is 33.0 Å². The number of rotatable bonds is 6. The van der Waals surface area contributed by atoms with Crippen molar-refractivity contribution in [3.05, 3.63) is 50.7 Å². The quantitative estimate of drug-likeness (QED) is 0.449. The number of hydrogen-bond acceptors (Lipinski definition) is 8. The van der Waals surface area contributed by atoms with E-state index in [0.717, 1.165) is 16.7 Å². The second-order valence-corrected chi connectivity index (χ2v) is 7.61. The van der Waals surface area contributed by atoms with E-state index in [0.29, 0.717) is 27.3 Å². The van der Waals surface area contributed by atoms with Gasteiger partial charge >= 0.3 is 5.97 Å². The molecule has 29 heavy (non-hydrogen) atoms. The van der Waals surface area contributed by atoms with Crippen LogP contribution in [0.25, 0.3) is 6.08 Å². The number of halogens is 1. The van der Waals surface area contributed by atoms with Crippen LogP contribution >= 0.6 is 27.7 Å². The molecule has 1 aromatic heterocycles. The number of imide groups is 1. The molecule has 1 aliphatic heterocycles. The molecule has 0 saturated carbocycles. The first-order valence-corrected chi connectivity index (χ1v) is 9.82. The number of esters is 1. The van der Waals surface area contributed by atoms with Gasteiger partial charge in [-0.2, -0.15) is 0 Å². The molecule has 152 valence electrons. The highest BCUT2D eigenvalue weighted by molar-refractivity contribution is 9.10. The summed E-state index contributed by atoms with van der Waals surface area (Å²) < 4.78 is 21.1. The number of hydrogen-bond donors (Lipinski definition) is 0. The Hall–Kier alpha value is -2.72. The highest BCUT2D eigenvalue weighted by atomic mass is 79.9. The number of amides is 2. The summed E-state index contributed by atoms with van der Waals surface area (Å²) in [7, 11) is 4.26. The highest BCUT2D eigenvalue weighted by Gasteiger charge is 2.36. The average Bonchev–Trinajstić information content (AvgIpc) is 3.27. The Morgan fingerprint density at radius 1 is 1.21 bits per heavy atom. The van der Waals surface area contributed by atoms with Crippen LogP contribution in [-0.2, 0) is 16.1 Å². The molecule has 0 N–H and O–H groups in total. The maximum Gasteiger partial charge on any atom is 0.373 e. The lowest BCUT2D eigenvalue weighted by Gasteiger charge is -2.11. The molecule has 1 fully saturated rings. The maximum atomic E-state index is 12.7. The number of methoxy groups -OCH3 is 3. The van der Waals surface area contributed by atoms with Crippen LogP contribution in [0.1, 0.15) is 21.9 Å². The van der Waals surface area contributed by atoms with Gasteiger partial charge in [-0.1, -0.05) is 0 Å². The van der Waals surface area contributed by atoms with E-state index in [-0.39, 0.29) is 17.2 Å². The van der Waals surface area contributed by atoms with E-state index in [1.807, 2.05) is 0 Å². The van der Waals surface area contributed by atoms with Gasteiger partial charge in [-0.15, -0.1) is 0 Å². The van der Waals surface area contributed by atoms with E-state index in [9.17, 15) is 14.4 Å². The van der Waals surface area contributed by atoms with Crippen LogP contribution in [0.4, 0.5) is 4.79 Å². The zero-order valence-corrected chi connectivity index (χ0v) is 18.1. The van der Waals surface area contributed by atoms with Crippen molar-refractivity contribution in [1.82, 2.24) is 4.90 Å². The standard InChI is InChI=1S/C19H16BrNO7S/c1-25-14-7-10(6-12(20)16(14)26-2)8-15-17(22)21(19(24)29-15)9-11-4-5-13(28-11)18(23)27-3/h4-8H,9H2,1-3H3. The van der Waals surface area contributed by atoms with E-state index in [1.165, 1.54) is 33.5 Å². The van der Waals surface area contributed by atoms with E-state index in [1.54, 1.807) is 18.2 Å². The van der Waals surface area contributed by atoms with Gasteiger partial charge in [0.2, 0.25) is 5.76 Å². The third-order valence-electron chi connectivity index (χ3n) is 3.99. The molecule has 1 aliphatic rings. The summed E-state index contributed by atoms with van der Waals surface area (Å²) >= 11 is 4.22. The van der Waals surface area contributed by atoms with Crippen LogP contribution in [0.5, 0.6) is 11.5 Å². The first kappa shape index (κ1) is 21.0. The highest BCUT2D eigenvalue weighted by Crippen LogP contribution is 2.39. The summed E-state index contributed by atoms with van der Waals surface area (Å²) in [4.78, 5) is 37.8. The molecule has 0 aliphatic carbocycles. The lowest BCUT2D eigenvalue weighted by Crippen LogP contribution is -2.27. The van der Waals surface area contributed by atoms with Gasteiger partial charge in [0.15, 0.2) is 11.5 Å². The van der Waals surface area contributed by atoms with Crippen LogP contribution in [0, 0.1) is 0 Å². The van der Waals surface area contributed by atoms with Crippen LogP contribution in [0.2, 0.25) is 0 Å². The van der Waals surface area contributed by atoms with E-state index < -0.39 is 17.1 Å². The monoisotopic (exact) mass is 481 g/mol. The summed E-state index contributed by atoms with van der Waals surface area (Å²) in [6.45, 7) is -0.0887. The zero-order valence-electron chi connectivity index (χ0n) is 15.7.